The van der Waals surface area contributed by atoms with E-state index in [1.807, 2.05) is 5.32 Å². The Morgan fingerprint density at radius 3 is 2.44 bits per heavy atom. The molecule has 0 aliphatic carbocycles. The van der Waals surface area contributed by atoms with Crippen molar-refractivity contribution in [3.63, 3.8) is 0 Å². The van der Waals surface area contributed by atoms with Crippen LogP contribution in [0.3, 0.4) is 0 Å². The number of carbonyl (C=O) groups excluding carboxylic acids is 3. The molecule has 1 aliphatic rings. The van der Waals surface area contributed by atoms with Crippen LogP contribution in [-0.4, -0.2) is 80.7 Å². The van der Waals surface area contributed by atoms with Gasteiger partial charge in [-0.25, -0.2) is 8.78 Å². The molecule has 0 saturated carbocycles. The molecule has 2 rings (SSSR count). The van der Waals surface area contributed by atoms with E-state index in [0.29, 0.717) is 0 Å². The molecule has 1 atom stereocenters. The number of alkyl halides is 7. The van der Waals surface area contributed by atoms with Crippen LogP contribution in [0.1, 0.15) is 0 Å². The second-order valence-electron chi connectivity index (χ2n) is 6.89. The Kier molecular flexibility index (Phi) is 9.03. The van der Waals surface area contributed by atoms with Crippen LogP contribution in [0.5, 0.6) is 5.75 Å². The van der Waals surface area contributed by atoms with Crippen LogP contribution in [0.2, 0.25) is 0 Å². The van der Waals surface area contributed by atoms with E-state index in [1.54, 1.807) is 0 Å². The quantitative estimate of drug-likeness (QED) is 0.370. The normalized spacial score (nSPS) is 15.7. The van der Waals surface area contributed by atoms with E-state index in [9.17, 15) is 45.1 Å². The number of nitrogens with two attached hydrogens (primary N) is 1. The Morgan fingerprint density at radius 1 is 1.24 bits per heavy atom. The molecule has 1 heterocycles. The molecule has 1 fully saturated rings. The smallest absolute Gasteiger partial charge is 0.401 e. The number of halogens is 7. The first kappa shape index (κ1) is 27.1. The maximum atomic E-state index is 12.9. The van der Waals surface area contributed by atoms with Crippen LogP contribution in [0.15, 0.2) is 18.2 Å². The van der Waals surface area contributed by atoms with Crippen molar-refractivity contribution in [1.29, 1.82) is 0 Å². The lowest BCUT2D eigenvalue weighted by atomic mass is 10.1. The average molecular weight is 504 g/mol. The van der Waals surface area contributed by atoms with Crippen molar-refractivity contribution in [2.75, 3.05) is 43.1 Å². The summed E-state index contributed by atoms with van der Waals surface area (Å²) in [5.74, 6) is -4.49. The van der Waals surface area contributed by atoms with Gasteiger partial charge >= 0.3 is 12.8 Å². The van der Waals surface area contributed by atoms with Crippen molar-refractivity contribution in [2.24, 2.45) is 5.73 Å². The summed E-state index contributed by atoms with van der Waals surface area (Å²) >= 11 is 0. The molecule has 3 amide bonds. The molecule has 1 aliphatic heterocycles. The summed E-state index contributed by atoms with van der Waals surface area (Å²) in [7, 11) is 0. The van der Waals surface area contributed by atoms with Gasteiger partial charge in [0.05, 0.1) is 25.4 Å². The maximum absolute atomic E-state index is 12.9. The van der Waals surface area contributed by atoms with Crippen LogP contribution in [0.25, 0.3) is 0 Å². The average Bonchev–Trinajstić information content (AvgIpc) is 2.67. The predicted octanol–water partition coefficient (Wildman–Crippen LogP) is 1.57. The largest absolute Gasteiger partial charge is 0.433 e. The summed E-state index contributed by atoms with van der Waals surface area (Å²) in [5.41, 5.74) is 4.52. The number of ether oxygens (including phenoxy) is 2. The molecule has 34 heavy (non-hydrogen) atoms. The van der Waals surface area contributed by atoms with Gasteiger partial charge in [0.15, 0.2) is 11.8 Å². The zero-order valence-corrected chi connectivity index (χ0v) is 17.2. The number of nitrogens with zero attached hydrogens (tertiary/aromatic N) is 2. The van der Waals surface area contributed by atoms with Gasteiger partial charge in [-0.15, -0.1) is 0 Å². The fraction of sp³-hybridized carbons (Fsp3) is 0.500. The monoisotopic (exact) mass is 504 g/mol. The third-order valence-corrected chi connectivity index (χ3v) is 4.37. The van der Waals surface area contributed by atoms with Gasteiger partial charge < -0.3 is 25.4 Å². The fourth-order valence-electron chi connectivity index (χ4n) is 3.11. The fourth-order valence-corrected chi connectivity index (χ4v) is 3.11. The number of hydrogen-bond donors (Lipinski definition) is 2. The van der Waals surface area contributed by atoms with E-state index in [0.717, 1.165) is 12.1 Å². The summed E-state index contributed by atoms with van der Waals surface area (Å²) < 4.78 is 99.1. The van der Waals surface area contributed by atoms with Crippen LogP contribution in [0.4, 0.5) is 42.1 Å². The third-order valence-electron chi connectivity index (χ3n) is 4.37. The molecule has 0 unspecified atom stereocenters. The molecule has 0 bridgehead atoms. The third kappa shape index (κ3) is 7.72. The highest BCUT2D eigenvalue weighted by Gasteiger charge is 2.40. The topological polar surface area (TPSA) is 114 Å². The van der Waals surface area contributed by atoms with E-state index in [-0.39, 0.29) is 30.3 Å². The van der Waals surface area contributed by atoms with Crippen molar-refractivity contribution in [2.45, 2.75) is 25.3 Å². The summed E-state index contributed by atoms with van der Waals surface area (Å²) in [6, 6.07) is 0.600. The number of rotatable bonds is 10. The molecule has 1 aromatic carbocycles. The molecule has 9 nitrogen and oxygen atoms in total. The van der Waals surface area contributed by atoms with E-state index >= 15 is 0 Å². The van der Waals surface area contributed by atoms with Gasteiger partial charge in [-0.1, -0.05) is 0 Å². The van der Waals surface area contributed by atoms with Crippen LogP contribution >= 0.6 is 0 Å². The Labute approximate surface area is 187 Å². The van der Waals surface area contributed by atoms with Crippen LogP contribution in [0, 0.1) is 0 Å². The molecule has 1 saturated heterocycles. The number of benzene rings is 1. The van der Waals surface area contributed by atoms with E-state index in [4.69, 9.17) is 10.5 Å². The number of carbonyl (C=O) groups is 3. The van der Waals surface area contributed by atoms with E-state index < -0.39 is 67.5 Å². The second-order valence-corrected chi connectivity index (χ2v) is 6.89. The molecule has 0 spiro atoms. The molecular weight excluding hydrogens is 485 g/mol. The minimum Gasteiger partial charge on any atom is -0.433 e. The number of morpholine rings is 1. The van der Waals surface area contributed by atoms with Crippen LogP contribution in [-0.2, 0) is 19.1 Å². The van der Waals surface area contributed by atoms with Crippen molar-refractivity contribution in [1.82, 2.24) is 4.90 Å². The lowest BCUT2D eigenvalue weighted by Gasteiger charge is -2.29. The van der Waals surface area contributed by atoms with Gasteiger partial charge in [0.25, 0.3) is 18.2 Å². The number of primary amides is 1. The highest BCUT2D eigenvalue weighted by Crippen LogP contribution is 2.32. The molecule has 0 aromatic heterocycles. The summed E-state index contributed by atoms with van der Waals surface area (Å²) in [6.45, 7) is -7.17. The van der Waals surface area contributed by atoms with Gasteiger partial charge in [0, 0.05) is 18.3 Å². The predicted molar refractivity (Wildman–Crippen MR) is 101 cm³/mol. The van der Waals surface area contributed by atoms with Gasteiger partial charge in [-0.3, -0.25) is 19.3 Å². The number of hydrogen-bond acceptors (Lipinski definition) is 6. The van der Waals surface area contributed by atoms with Crippen molar-refractivity contribution in [3.8, 4) is 5.75 Å². The van der Waals surface area contributed by atoms with Crippen LogP contribution < -0.4 is 20.7 Å². The zero-order valence-electron chi connectivity index (χ0n) is 17.2. The molecule has 190 valence electrons. The van der Waals surface area contributed by atoms with Gasteiger partial charge in [-0.05, 0) is 12.1 Å². The maximum Gasteiger partial charge on any atom is 0.401 e. The number of amides is 3. The summed E-state index contributed by atoms with van der Waals surface area (Å²) in [5, 5.41) is 1.90. The Hall–Kier alpha value is -3.14. The first-order chi connectivity index (χ1) is 15.8. The van der Waals surface area contributed by atoms with Gasteiger partial charge in [0.1, 0.15) is 6.61 Å². The first-order valence-corrected chi connectivity index (χ1v) is 9.44. The summed E-state index contributed by atoms with van der Waals surface area (Å²) in [6.07, 6.45) is -8.43. The SMILES string of the molecule is NC(=O)[C@@H](C(=O)Nc1ccc(N2CCOCC2=O)cc1OC(F)F)N(CC(F)F)CC(F)(F)F. The Morgan fingerprint density at radius 2 is 1.91 bits per heavy atom. The molecule has 0 radical (unpaired) electrons. The van der Waals surface area contributed by atoms with E-state index in [2.05, 4.69) is 4.74 Å². The van der Waals surface area contributed by atoms with Gasteiger partial charge in [0.2, 0.25) is 5.91 Å². The molecular formula is C18H19F7N4O5. The lowest BCUT2D eigenvalue weighted by Crippen LogP contribution is -2.55. The van der Waals surface area contributed by atoms with Gasteiger partial charge in [-0.2, -0.15) is 22.0 Å². The van der Waals surface area contributed by atoms with E-state index in [1.165, 1.54) is 11.0 Å². The molecule has 16 heteroatoms. The minimum atomic E-state index is -5.07. The minimum absolute atomic E-state index is 0.0719. The lowest BCUT2D eigenvalue weighted by molar-refractivity contribution is -0.160. The highest BCUT2D eigenvalue weighted by molar-refractivity contribution is 6.10. The summed E-state index contributed by atoms with van der Waals surface area (Å²) in [4.78, 5) is 37.2. The highest BCUT2D eigenvalue weighted by atomic mass is 19.4. The number of anilines is 2. The molecule has 3 N–H and O–H groups in total. The molecule has 1 aromatic rings. The van der Waals surface area contributed by atoms with Crippen molar-refractivity contribution >= 4 is 29.1 Å². The Bertz CT molecular complexity index is 900. The standard InChI is InChI=1S/C18H19F7N4O5/c19-12(20)6-28(8-18(23,24)25)14(15(26)31)16(32)27-10-2-1-9(5-11(10)34-17(21)22)29-3-4-33-7-13(29)30/h1-2,5,12,14,17H,3-4,6-8H2,(H2,26,31)(H,27,32)/t14-/m0/s1. The second kappa shape index (κ2) is 11.3. The van der Waals surface area contributed by atoms with Crippen molar-refractivity contribution in [3.05, 3.63) is 18.2 Å². The first-order valence-electron chi connectivity index (χ1n) is 9.44. The Balaban J connectivity index is 2.36. The van der Waals surface area contributed by atoms with Crippen molar-refractivity contribution < 1.29 is 54.6 Å². The number of nitrogens with one attached hydrogen (secondary N) is 1. The zero-order chi connectivity index (χ0) is 25.6.